The van der Waals surface area contributed by atoms with Gasteiger partial charge in [0.2, 0.25) is 5.91 Å². The van der Waals surface area contributed by atoms with E-state index in [4.69, 9.17) is 4.42 Å². The summed E-state index contributed by atoms with van der Waals surface area (Å²) in [5.74, 6) is 0.193. The zero-order chi connectivity index (χ0) is 22.8. The van der Waals surface area contributed by atoms with Crippen molar-refractivity contribution in [1.29, 1.82) is 0 Å². The number of nitrogens with zero attached hydrogens (tertiary/aromatic N) is 2. The van der Waals surface area contributed by atoms with E-state index >= 15 is 0 Å². The van der Waals surface area contributed by atoms with Gasteiger partial charge in [0.05, 0.1) is 11.5 Å². The average Bonchev–Trinajstić information content (AvgIpc) is 3.45. The number of nitrogens with one attached hydrogen (secondary N) is 1. The number of carbonyl (C=O) groups excluding carboxylic acids is 3. The van der Waals surface area contributed by atoms with Crippen molar-refractivity contribution in [2.75, 3.05) is 25.0 Å². The van der Waals surface area contributed by atoms with Crippen molar-refractivity contribution in [2.24, 2.45) is 11.8 Å². The van der Waals surface area contributed by atoms with Crippen molar-refractivity contribution in [2.45, 2.75) is 45.1 Å². The normalized spacial score (nSPS) is 26.7. The quantitative estimate of drug-likeness (QED) is 0.800. The fraction of sp³-hybridized carbons (Fsp3) is 0.480. The Morgan fingerprint density at radius 2 is 1.94 bits per heavy atom. The zero-order valence-corrected chi connectivity index (χ0v) is 19.0. The van der Waals surface area contributed by atoms with Gasteiger partial charge in [0, 0.05) is 31.7 Å². The van der Waals surface area contributed by atoms with Crippen LogP contribution >= 0.6 is 0 Å². The average molecular weight is 436 g/mol. The Morgan fingerprint density at radius 3 is 2.56 bits per heavy atom. The van der Waals surface area contributed by atoms with Crippen LogP contribution in [0.2, 0.25) is 0 Å². The van der Waals surface area contributed by atoms with Gasteiger partial charge in [-0.3, -0.25) is 14.4 Å². The first-order valence-electron chi connectivity index (χ1n) is 11.3. The van der Waals surface area contributed by atoms with E-state index in [0.717, 1.165) is 24.1 Å². The Balaban J connectivity index is 1.67. The first-order chi connectivity index (χ1) is 15.3. The molecule has 7 nitrogen and oxygen atoms in total. The highest BCUT2D eigenvalue weighted by molar-refractivity contribution is 6.09. The number of aryl methyl sites for hydroxylation is 2. The number of carbonyl (C=O) groups is 3. The molecule has 2 aromatic rings. The van der Waals surface area contributed by atoms with Gasteiger partial charge in [-0.1, -0.05) is 18.2 Å². The number of hydrogen-bond donors (Lipinski definition) is 1. The zero-order valence-electron chi connectivity index (χ0n) is 19.0. The van der Waals surface area contributed by atoms with Crippen LogP contribution in [0, 0.1) is 25.7 Å². The summed E-state index contributed by atoms with van der Waals surface area (Å²) in [5.41, 5.74) is 1.11. The van der Waals surface area contributed by atoms with Gasteiger partial charge in [0.25, 0.3) is 11.8 Å². The number of benzene rings is 1. The third-order valence-electron chi connectivity index (χ3n) is 7.43. The standard InChI is InChI=1S/C25H29N3O4/c1-14-11-18(15(2)32-14)23(30)28-13-19(22(29)26-4)21-17-7-5-6-8-20(17)27(12-16-9-10-16)24(31)25(21,28)3/h5-8,11,16,19,21H,9-10,12-13H2,1-4H3,(H,26,29)/t19-,21+,25-/m0/s1. The first kappa shape index (κ1) is 20.8. The SMILES string of the molecule is CNC(=O)[C@H]1CN(C(=O)c2cc(C)oc2C)[C@]2(C)C(=O)N(CC3CC3)c3ccccc3[C@H]12. The number of fused-ring (bicyclic) bond motifs is 3. The summed E-state index contributed by atoms with van der Waals surface area (Å²) < 4.78 is 5.60. The third-order valence-corrected chi connectivity index (χ3v) is 7.43. The summed E-state index contributed by atoms with van der Waals surface area (Å²) >= 11 is 0. The summed E-state index contributed by atoms with van der Waals surface area (Å²) in [6, 6.07) is 9.55. The molecule has 1 aromatic carbocycles. The highest BCUT2D eigenvalue weighted by Gasteiger charge is 2.63. The van der Waals surface area contributed by atoms with E-state index in [2.05, 4.69) is 5.32 Å². The topological polar surface area (TPSA) is 82.9 Å². The Labute approximate surface area is 187 Å². The van der Waals surface area contributed by atoms with E-state index in [9.17, 15) is 14.4 Å². The van der Waals surface area contributed by atoms with Crippen LogP contribution in [0.4, 0.5) is 5.69 Å². The van der Waals surface area contributed by atoms with Crippen LogP contribution in [0.5, 0.6) is 0 Å². The molecule has 32 heavy (non-hydrogen) atoms. The Morgan fingerprint density at radius 1 is 1.22 bits per heavy atom. The van der Waals surface area contributed by atoms with Crippen LogP contribution in [-0.4, -0.2) is 48.3 Å². The molecule has 1 saturated carbocycles. The number of amides is 3. The summed E-state index contributed by atoms with van der Waals surface area (Å²) in [4.78, 5) is 44.3. The predicted molar refractivity (Wildman–Crippen MR) is 119 cm³/mol. The molecular weight excluding hydrogens is 406 g/mol. The minimum absolute atomic E-state index is 0.106. The Hall–Kier alpha value is -3.09. The second-order valence-electron chi connectivity index (χ2n) is 9.51. The fourth-order valence-electron chi connectivity index (χ4n) is 5.64. The lowest BCUT2D eigenvalue weighted by atomic mass is 9.71. The predicted octanol–water partition coefficient (Wildman–Crippen LogP) is 3.01. The molecule has 3 heterocycles. The summed E-state index contributed by atoms with van der Waals surface area (Å²) in [6.07, 6.45) is 2.23. The molecule has 1 aliphatic carbocycles. The lowest BCUT2D eigenvalue weighted by molar-refractivity contribution is -0.129. The lowest BCUT2D eigenvalue weighted by Gasteiger charge is -2.46. The second-order valence-corrected chi connectivity index (χ2v) is 9.51. The number of likely N-dealkylation sites (tertiary alicyclic amines) is 1. The van der Waals surface area contributed by atoms with Gasteiger partial charge in [-0.2, -0.15) is 0 Å². The number of para-hydroxylation sites is 1. The smallest absolute Gasteiger partial charge is 0.258 e. The van der Waals surface area contributed by atoms with E-state index in [1.54, 1.807) is 31.9 Å². The molecular formula is C25H29N3O4. The van der Waals surface area contributed by atoms with E-state index < -0.39 is 17.4 Å². The molecule has 0 unspecified atom stereocenters. The second kappa shape index (κ2) is 7.22. The molecule has 2 fully saturated rings. The van der Waals surface area contributed by atoms with Gasteiger partial charge in [-0.15, -0.1) is 0 Å². The van der Waals surface area contributed by atoms with Crippen molar-refractivity contribution in [1.82, 2.24) is 10.2 Å². The molecule has 0 spiro atoms. The van der Waals surface area contributed by atoms with Crippen molar-refractivity contribution in [3.8, 4) is 0 Å². The Bertz CT molecular complexity index is 1120. The van der Waals surface area contributed by atoms with E-state index in [-0.39, 0.29) is 24.3 Å². The van der Waals surface area contributed by atoms with Gasteiger partial charge in [0.15, 0.2) is 0 Å². The van der Waals surface area contributed by atoms with Crippen molar-refractivity contribution >= 4 is 23.4 Å². The summed E-state index contributed by atoms with van der Waals surface area (Å²) in [6.45, 7) is 6.21. The maximum absolute atomic E-state index is 14.1. The third kappa shape index (κ3) is 2.90. The maximum atomic E-state index is 14.1. The van der Waals surface area contributed by atoms with Gasteiger partial charge >= 0.3 is 0 Å². The molecule has 0 bridgehead atoms. The van der Waals surface area contributed by atoms with Crippen LogP contribution < -0.4 is 10.2 Å². The molecule has 5 rings (SSSR count). The van der Waals surface area contributed by atoms with E-state index in [1.807, 2.05) is 36.1 Å². The Kier molecular flexibility index (Phi) is 4.69. The number of furan rings is 1. The minimum Gasteiger partial charge on any atom is -0.466 e. The van der Waals surface area contributed by atoms with Crippen LogP contribution in [0.1, 0.15) is 53.1 Å². The largest absolute Gasteiger partial charge is 0.466 e. The van der Waals surface area contributed by atoms with Gasteiger partial charge < -0.3 is 19.5 Å². The van der Waals surface area contributed by atoms with Gasteiger partial charge in [0.1, 0.15) is 17.1 Å². The number of anilines is 1. The van der Waals surface area contributed by atoms with Gasteiger partial charge in [-0.25, -0.2) is 0 Å². The van der Waals surface area contributed by atoms with Crippen molar-refractivity contribution in [3.63, 3.8) is 0 Å². The van der Waals surface area contributed by atoms with Crippen LogP contribution in [0.3, 0.4) is 0 Å². The molecule has 1 N–H and O–H groups in total. The molecule has 1 saturated heterocycles. The molecule has 168 valence electrons. The lowest BCUT2D eigenvalue weighted by Crippen LogP contribution is -2.62. The van der Waals surface area contributed by atoms with Crippen LogP contribution in [0.15, 0.2) is 34.7 Å². The molecule has 0 radical (unpaired) electrons. The monoisotopic (exact) mass is 435 g/mol. The highest BCUT2D eigenvalue weighted by Crippen LogP contribution is 2.54. The number of rotatable bonds is 4. The fourth-order valence-corrected chi connectivity index (χ4v) is 5.64. The summed E-state index contributed by atoms with van der Waals surface area (Å²) in [5, 5.41) is 2.75. The molecule has 1 aromatic heterocycles. The first-order valence-corrected chi connectivity index (χ1v) is 11.3. The summed E-state index contributed by atoms with van der Waals surface area (Å²) in [7, 11) is 1.60. The van der Waals surface area contributed by atoms with E-state index in [0.29, 0.717) is 29.5 Å². The molecule has 2 aliphatic heterocycles. The van der Waals surface area contributed by atoms with Crippen LogP contribution in [0.25, 0.3) is 0 Å². The molecule has 3 amide bonds. The van der Waals surface area contributed by atoms with Gasteiger partial charge in [-0.05, 0) is 57.2 Å². The molecule has 3 aliphatic rings. The molecule has 7 heteroatoms. The van der Waals surface area contributed by atoms with Crippen molar-refractivity contribution in [3.05, 3.63) is 53.0 Å². The van der Waals surface area contributed by atoms with Crippen molar-refractivity contribution < 1.29 is 18.8 Å². The number of hydrogen-bond acceptors (Lipinski definition) is 4. The maximum Gasteiger partial charge on any atom is 0.258 e. The highest BCUT2D eigenvalue weighted by atomic mass is 16.3. The minimum atomic E-state index is -1.16. The molecule has 3 atom stereocenters. The van der Waals surface area contributed by atoms with E-state index in [1.165, 1.54) is 0 Å². The van der Waals surface area contributed by atoms with Crippen LogP contribution in [-0.2, 0) is 9.59 Å².